The number of rotatable bonds is 3. The Bertz CT molecular complexity index is 1540. The molecule has 6 nitrogen and oxygen atoms in total. The zero-order valence-corrected chi connectivity index (χ0v) is 20.1. The lowest BCUT2D eigenvalue weighted by atomic mass is 9.49. The van der Waals surface area contributed by atoms with Crippen molar-refractivity contribution in [2.24, 2.45) is 0 Å². The molecule has 36 heavy (non-hydrogen) atoms. The lowest BCUT2D eigenvalue weighted by Crippen LogP contribution is -2.74. The van der Waals surface area contributed by atoms with E-state index in [1.54, 1.807) is 7.11 Å². The number of carbonyl (C=O) groups excluding carboxylic acids is 1. The molecule has 1 fully saturated rings. The summed E-state index contributed by atoms with van der Waals surface area (Å²) >= 11 is 0. The topological polar surface area (TPSA) is 63.9 Å². The fourth-order valence-corrected chi connectivity index (χ4v) is 8.43. The molecule has 3 aromatic rings. The second-order valence-corrected chi connectivity index (χ2v) is 11.0. The van der Waals surface area contributed by atoms with Crippen LogP contribution in [0.3, 0.4) is 0 Å². The molecule has 2 aliphatic carbocycles. The molecular weight excluding hydrogens is 459 g/mol. The minimum atomic E-state index is -1.12. The summed E-state index contributed by atoms with van der Waals surface area (Å²) in [6.07, 6.45) is 3.59. The first kappa shape index (κ1) is 21.0. The molecular formula is C29H27FN2O4. The molecule has 1 N–H and O–H groups in total. The van der Waals surface area contributed by atoms with Gasteiger partial charge in [0.1, 0.15) is 5.82 Å². The van der Waals surface area contributed by atoms with Gasteiger partial charge in [-0.15, -0.1) is 6.58 Å². The van der Waals surface area contributed by atoms with Gasteiger partial charge in [-0.1, -0.05) is 12.1 Å². The number of hydrogen-bond donors (Lipinski definition) is 1. The van der Waals surface area contributed by atoms with E-state index in [1.165, 1.54) is 17.7 Å². The third kappa shape index (κ3) is 2.12. The quantitative estimate of drug-likeness (QED) is 0.570. The maximum atomic E-state index is 14.8. The second kappa shape index (κ2) is 6.58. The molecule has 184 valence electrons. The molecule has 4 atom stereocenters. The fourth-order valence-electron chi connectivity index (χ4n) is 8.43. The van der Waals surface area contributed by atoms with Crippen LogP contribution in [-0.2, 0) is 24.8 Å². The van der Waals surface area contributed by atoms with E-state index >= 15 is 0 Å². The first-order valence-corrected chi connectivity index (χ1v) is 12.7. The van der Waals surface area contributed by atoms with Crippen molar-refractivity contribution >= 4 is 16.7 Å². The summed E-state index contributed by atoms with van der Waals surface area (Å²) < 4.78 is 29.6. The van der Waals surface area contributed by atoms with E-state index in [2.05, 4.69) is 22.1 Å². The lowest BCUT2D eigenvalue weighted by molar-refractivity contribution is -0.171. The zero-order chi connectivity index (χ0) is 24.6. The number of carbonyl (C=O) groups is 1. The van der Waals surface area contributed by atoms with Crippen LogP contribution in [0.1, 0.15) is 51.7 Å². The van der Waals surface area contributed by atoms with Crippen LogP contribution in [0, 0.1) is 5.82 Å². The van der Waals surface area contributed by atoms with Gasteiger partial charge in [-0.3, -0.25) is 9.69 Å². The molecule has 0 radical (unpaired) electrons. The van der Waals surface area contributed by atoms with E-state index in [9.17, 15) is 14.3 Å². The number of Topliss-reactive ketones (excluding diaryl/α,β-unsaturated/α-hetero) is 1. The van der Waals surface area contributed by atoms with Gasteiger partial charge in [0.2, 0.25) is 0 Å². The Morgan fingerprint density at radius 2 is 2.19 bits per heavy atom. The summed E-state index contributed by atoms with van der Waals surface area (Å²) in [7, 11) is 1.65. The molecule has 1 spiro atoms. The first-order valence-electron chi connectivity index (χ1n) is 12.7. The van der Waals surface area contributed by atoms with E-state index in [4.69, 9.17) is 9.47 Å². The van der Waals surface area contributed by atoms with Crippen molar-refractivity contribution in [2.75, 3.05) is 20.2 Å². The van der Waals surface area contributed by atoms with Crippen molar-refractivity contribution in [3.8, 4) is 11.5 Å². The normalized spacial score (nSPS) is 31.1. The number of aromatic nitrogens is 1. The Morgan fingerprint density at radius 3 is 3.00 bits per heavy atom. The van der Waals surface area contributed by atoms with Gasteiger partial charge in [-0.25, -0.2) is 4.39 Å². The molecule has 1 saturated heterocycles. The fraction of sp³-hybridized carbons (Fsp3) is 0.414. The van der Waals surface area contributed by atoms with Crippen LogP contribution < -0.4 is 9.47 Å². The van der Waals surface area contributed by atoms with Crippen LogP contribution in [0.15, 0.2) is 36.9 Å². The monoisotopic (exact) mass is 486 g/mol. The molecule has 2 bridgehead atoms. The molecule has 7 heteroatoms. The molecule has 1 aromatic heterocycles. The number of benzene rings is 2. The Balaban J connectivity index is 1.49. The van der Waals surface area contributed by atoms with Crippen molar-refractivity contribution in [3.63, 3.8) is 0 Å². The molecule has 0 unspecified atom stereocenters. The Morgan fingerprint density at radius 1 is 1.33 bits per heavy atom. The number of methoxy groups -OCH3 is 1. The summed E-state index contributed by atoms with van der Waals surface area (Å²) in [5.74, 6) is 0.937. The van der Waals surface area contributed by atoms with Crippen LogP contribution in [0.25, 0.3) is 10.9 Å². The van der Waals surface area contributed by atoms with E-state index in [1.807, 2.05) is 12.1 Å². The molecule has 5 aliphatic rings. The number of hydrogen-bond acceptors (Lipinski definition) is 5. The highest BCUT2D eigenvalue weighted by molar-refractivity contribution is 6.09. The Hall–Kier alpha value is -3.16. The SMILES string of the molecule is C=CCN1CC[C@]23c4c5ccc(OC)c4O[C@H]2c2c(c4cc(F)cc6c4n2CCC6=O)C[C@@]3(O)[C@H]1C5. The largest absolute Gasteiger partial charge is 0.493 e. The average Bonchev–Trinajstić information content (AvgIpc) is 3.35. The number of ether oxygens (including phenoxy) is 2. The number of fused-ring (bicyclic) bond motifs is 4. The number of likely N-dealkylation sites (tertiary alicyclic amines) is 1. The van der Waals surface area contributed by atoms with E-state index < -0.39 is 22.9 Å². The Kier molecular flexibility index (Phi) is 3.83. The number of aryl methyl sites for hydroxylation is 1. The van der Waals surface area contributed by atoms with Gasteiger partial charge in [-0.2, -0.15) is 0 Å². The average molecular weight is 487 g/mol. The lowest BCUT2D eigenvalue weighted by Gasteiger charge is -2.62. The van der Waals surface area contributed by atoms with Gasteiger partial charge in [-0.05, 0) is 42.2 Å². The maximum Gasteiger partial charge on any atom is 0.166 e. The highest BCUT2D eigenvalue weighted by atomic mass is 19.1. The summed E-state index contributed by atoms with van der Waals surface area (Å²) in [5, 5.41) is 13.6. The molecule has 8 rings (SSSR count). The van der Waals surface area contributed by atoms with Crippen molar-refractivity contribution in [3.05, 3.63) is 70.7 Å². The van der Waals surface area contributed by atoms with E-state index in [-0.39, 0.29) is 11.8 Å². The van der Waals surface area contributed by atoms with Crippen LogP contribution in [0.5, 0.6) is 11.5 Å². The predicted molar refractivity (Wildman–Crippen MR) is 131 cm³/mol. The zero-order valence-electron chi connectivity index (χ0n) is 20.1. The third-order valence-corrected chi connectivity index (χ3v) is 9.72. The van der Waals surface area contributed by atoms with Crippen molar-refractivity contribution in [2.45, 2.75) is 55.4 Å². The molecule has 0 amide bonds. The van der Waals surface area contributed by atoms with Gasteiger partial charge in [0, 0.05) is 55.0 Å². The smallest absolute Gasteiger partial charge is 0.166 e. The summed E-state index contributed by atoms with van der Waals surface area (Å²) in [6, 6.07) is 6.85. The number of ketones is 1. The minimum absolute atomic E-state index is 0.0355. The first-order chi connectivity index (χ1) is 17.4. The summed E-state index contributed by atoms with van der Waals surface area (Å²) in [5.41, 5.74) is 3.60. The van der Waals surface area contributed by atoms with Crippen LogP contribution >= 0.6 is 0 Å². The van der Waals surface area contributed by atoms with Gasteiger partial charge in [0.25, 0.3) is 0 Å². The second-order valence-electron chi connectivity index (χ2n) is 11.0. The highest BCUT2D eigenvalue weighted by Crippen LogP contribution is 2.69. The summed E-state index contributed by atoms with van der Waals surface area (Å²) in [6.45, 7) is 6.00. The minimum Gasteiger partial charge on any atom is -0.493 e. The van der Waals surface area contributed by atoms with E-state index in [0.717, 1.165) is 46.4 Å². The number of aliphatic hydroxyl groups is 1. The van der Waals surface area contributed by atoms with Gasteiger partial charge in [0.05, 0.1) is 29.3 Å². The van der Waals surface area contributed by atoms with E-state index in [0.29, 0.717) is 43.7 Å². The van der Waals surface area contributed by atoms with Crippen LogP contribution in [0.2, 0.25) is 0 Å². The third-order valence-electron chi connectivity index (χ3n) is 9.72. The number of halogens is 1. The molecule has 2 aromatic carbocycles. The van der Waals surface area contributed by atoms with Crippen LogP contribution in [0.4, 0.5) is 4.39 Å². The maximum absolute atomic E-state index is 14.8. The predicted octanol–water partition coefficient (Wildman–Crippen LogP) is 3.85. The number of nitrogens with zero attached hydrogens (tertiary/aromatic N) is 2. The van der Waals surface area contributed by atoms with Crippen molar-refractivity contribution < 1.29 is 23.8 Å². The van der Waals surface area contributed by atoms with Crippen molar-refractivity contribution in [1.29, 1.82) is 0 Å². The standard InChI is InChI=1S/C29H27FN2O4/c1-3-8-31-10-7-28-23-15-4-5-21(35-2)26(23)36-27(28)25-19(14-29(28,34)22(31)11-15)17-12-16(30)13-18-20(33)6-9-32(25)24(17)18/h3-5,12-13,22,27,34H,1,6-11,14H2,2H3/t22-,27+,28+,29-/m1/s1. The number of piperidine rings is 1. The highest BCUT2D eigenvalue weighted by Gasteiger charge is 2.73. The van der Waals surface area contributed by atoms with Gasteiger partial charge in [0.15, 0.2) is 23.4 Å². The molecule has 4 heterocycles. The van der Waals surface area contributed by atoms with Crippen LogP contribution in [-0.4, -0.2) is 52.2 Å². The van der Waals surface area contributed by atoms with Gasteiger partial charge >= 0.3 is 0 Å². The van der Waals surface area contributed by atoms with Gasteiger partial charge < -0.3 is 19.1 Å². The Labute approximate surface area is 207 Å². The molecule has 3 aliphatic heterocycles. The molecule has 0 saturated carbocycles. The van der Waals surface area contributed by atoms with Crippen molar-refractivity contribution in [1.82, 2.24) is 9.47 Å². The summed E-state index contributed by atoms with van der Waals surface area (Å²) in [4.78, 5) is 15.2.